The Labute approximate surface area is 157 Å². The Balaban J connectivity index is 1.96. The maximum Gasteiger partial charge on any atom is 0.221 e. The molecule has 0 unspecified atom stereocenters. The molecule has 26 heavy (non-hydrogen) atoms. The fourth-order valence-corrected chi connectivity index (χ4v) is 4.15. The van der Waals surface area contributed by atoms with Gasteiger partial charge in [0.2, 0.25) is 5.91 Å². The van der Waals surface area contributed by atoms with Gasteiger partial charge in [0, 0.05) is 24.6 Å². The molecule has 0 atom stereocenters. The number of nitrogens with zero attached hydrogens (tertiary/aromatic N) is 2. The monoisotopic (exact) mass is 355 g/mol. The molecule has 1 aliphatic carbocycles. The van der Waals surface area contributed by atoms with Crippen molar-refractivity contribution in [1.82, 2.24) is 9.55 Å². The van der Waals surface area contributed by atoms with Gasteiger partial charge in [0.1, 0.15) is 5.82 Å². The third-order valence-electron chi connectivity index (χ3n) is 5.40. The zero-order valence-corrected chi connectivity index (χ0v) is 16.8. The number of hydrogen-bond acceptors (Lipinski definition) is 2. The predicted octanol–water partition coefficient (Wildman–Crippen LogP) is 5.65. The molecular weight excluding hydrogens is 322 g/mol. The summed E-state index contributed by atoms with van der Waals surface area (Å²) in [5, 5.41) is 2.87. The molecule has 0 saturated heterocycles. The summed E-state index contributed by atoms with van der Waals surface area (Å²) in [6.45, 7) is 9.30. The number of carbonyl (C=O) groups is 1. The highest BCUT2D eigenvalue weighted by Crippen LogP contribution is 2.31. The lowest BCUT2D eigenvalue weighted by atomic mass is 9.90. The van der Waals surface area contributed by atoms with Crippen LogP contribution < -0.4 is 5.32 Å². The van der Waals surface area contributed by atoms with Crippen LogP contribution in [-0.2, 0) is 16.8 Å². The van der Waals surface area contributed by atoms with Crippen molar-refractivity contribution in [1.29, 1.82) is 0 Å². The molecule has 1 amide bonds. The number of rotatable bonds is 3. The molecule has 1 fully saturated rings. The van der Waals surface area contributed by atoms with Gasteiger partial charge >= 0.3 is 0 Å². The molecule has 0 radical (unpaired) electrons. The van der Waals surface area contributed by atoms with Crippen LogP contribution in [0.5, 0.6) is 0 Å². The van der Waals surface area contributed by atoms with Gasteiger partial charge in [0.25, 0.3) is 0 Å². The van der Waals surface area contributed by atoms with Crippen molar-refractivity contribution in [2.45, 2.75) is 84.6 Å². The summed E-state index contributed by atoms with van der Waals surface area (Å²) in [5.74, 6) is 1.84. The molecule has 1 heterocycles. The number of amides is 1. The van der Waals surface area contributed by atoms with Crippen LogP contribution in [0.4, 0.5) is 5.69 Å². The highest BCUT2D eigenvalue weighted by atomic mass is 16.1. The van der Waals surface area contributed by atoms with E-state index in [4.69, 9.17) is 4.98 Å². The molecule has 1 aromatic heterocycles. The van der Waals surface area contributed by atoms with E-state index < -0.39 is 0 Å². The summed E-state index contributed by atoms with van der Waals surface area (Å²) in [5.41, 5.74) is 2.98. The summed E-state index contributed by atoms with van der Waals surface area (Å²) in [4.78, 5) is 16.3. The number of imidazole rings is 1. The van der Waals surface area contributed by atoms with Gasteiger partial charge in [-0.05, 0) is 37.0 Å². The summed E-state index contributed by atoms with van der Waals surface area (Å²) in [6, 6.07) is 6.11. The number of benzene rings is 1. The van der Waals surface area contributed by atoms with E-state index >= 15 is 0 Å². The molecule has 142 valence electrons. The number of fused-ring (bicyclic) bond motifs is 1. The molecule has 1 aromatic carbocycles. The normalized spacial score (nSPS) is 17.1. The Morgan fingerprint density at radius 3 is 2.42 bits per heavy atom. The van der Waals surface area contributed by atoms with E-state index in [1.165, 1.54) is 57.4 Å². The smallest absolute Gasteiger partial charge is 0.221 e. The number of nitrogens with one attached hydrogen (secondary N) is 1. The summed E-state index contributed by atoms with van der Waals surface area (Å²) in [6.07, 6.45) is 9.53. The van der Waals surface area contributed by atoms with Gasteiger partial charge in [-0.2, -0.15) is 0 Å². The Morgan fingerprint density at radius 1 is 1.15 bits per heavy atom. The first-order chi connectivity index (χ1) is 12.3. The number of hydrogen-bond donors (Lipinski definition) is 1. The fourth-order valence-electron chi connectivity index (χ4n) is 4.15. The van der Waals surface area contributed by atoms with E-state index in [2.05, 4.69) is 36.7 Å². The summed E-state index contributed by atoms with van der Waals surface area (Å²) < 4.78 is 2.44. The molecule has 2 aromatic rings. The lowest BCUT2D eigenvalue weighted by Gasteiger charge is -2.25. The van der Waals surface area contributed by atoms with Gasteiger partial charge in [-0.15, -0.1) is 0 Å². The highest BCUT2D eigenvalue weighted by Gasteiger charge is 2.25. The first-order valence-corrected chi connectivity index (χ1v) is 10.1. The van der Waals surface area contributed by atoms with Crippen LogP contribution in [-0.4, -0.2) is 15.5 Å². The third kappa shape index (κ3) is 4.46. The average Bonchev–Trinajstić information content (AvgIpc) is 2.87. The lowest BCUT2D eigenvalue weighted by molar-refractivity contribution is -0.114. The highest BCUT2D eigenvalue weighted by molar-refractivity contribution is 5.91. The summed E-state index contributed by atoms with van der Waals surface area (Å²) in [7, 11) is 0. The number of anilines is 1. The van der Waals surface area contributed by atoms with Crippen molar-refractivity contribution in [2.24, 2.45) is 5.92 Å². The van der Waals surface area contributed by atoms with E-state index in [0.717, 1.165) is 29.5 Å². The maximum absolute atomic E-state index is 11.4. The van der Waals surface area contributed by atoms with Crippen LogP contribution in [0.2, 0.25) is 0 Å². The minimum absolute atomic E-state index is 0.00515. The molecule has 0 spiro atoms. The van der Waals surface area contributed by atoms with Crippen LogP contribution >= 0.6 is 0 Å². The zero-order chi connectivity index (χ0) is 18.7. The maximum atomic E-state index is 11.4. The predicted molar refractivity (Wildman–Crippen MR) is 109 cm³/mol. The Hall–Kier alpha value is -1.84. The molecule has 4 nitrogen and oxygen atoms in total. The molecule has 1 aliphatic rings. The van der Waals surface area contributed by atoms with Crippen molar-refractivity contribution in [3.05, 3.63) is 24.0 Å². The summed E-state index contributed by atoms with van der Waals surface area (Å²) >= 11 is 0. The molecule has 1 saturated carbocycles. The quantitative estimate of drug-likeness (QED) is 0.773. The second kappa shape index (κ2) is 7.81. The fraction of sp³-hybridized carbons (Fsp3) is 0.636. The van der Waals surface area contributed by atoms with Gasteiger partial charge in [-0.25, -0.2) is 4.98 Å². The second-order valence-corrected chi connectivity index (χ2v) is 8.89. The lowest BCUT2D eigenvalue weighted by Crippen LogP contribution is -2.22. The van der Waals surface area contributed by atoms with Crippen LogP contribution in [0.3, 0.4) is 0 Å². The van der Waals surface area contributed by atoms with Crippen molar-refractivity contribution in [3.63, 3.8) is 0 Å². The van der Waals surface area contributed by atoms with E-state index in [0.29, 0.717) is 0 Å². The minimum atomic E-state index is -0.0469. The second-order valence-electron chi connectivity index (χ2n) is 8.89. The van der Waals surface area contributed by atoms with Gasteiger partial charge in [-0.3, -0.25) is 4.79 Å². The molecule has 0 bridgehead atoms. The van der Waals surface area contributed by atoms with Crippen molar-refractivity contribution in [3.8, 4) is 0 Å². The zero-order valence-electron chi connectivity index (χ0n) is 16.8. The Bertz CT molecular complexity index is 762. The van der Waals surface area contributed by atoms with Gasteiger partial charge in [-0.1, -0.05) is 52.9 Å². The first-order valence-electron chi connectivity index (χ1n) is 10.1. The number of carbonyl (C=O) groups excluding carboxylic acids is 1. The Kier molecular flexibility index (Phi) is 5.69. The van der Waals surface area contributed by atoms with Gasteiger partial charge in [0.15, 0.2) is 0 Å². The number of aromatic nitrogens is 2. The van der Waals surface area contributed by atoms with Crippen molar-refractivity contribution in [2.75, 3.05) is 5.32 Å². The molecule has 3 rings (SSSR count). The molecule has 0 aliphatic heterocycles. The minimum Gasteiger partial charge on any atom is -0.327 e. The van der Waals surface area contributed by atoms with E-state index in [1.807, 2.05) is 12.1 Å². The van der Waals surface area contributed by atoms with E-state index in [1.54, 1.807) is 0 Å². The average molecular weight is 356 g/mol. The molecular formula is C22H33N3O. The first kappa shape index (κ1) is 18.9. The van der Waals surface area contributed by atoms with Crippen LogP contribution in [0.15, 0.2) is 18.2 Å². The Morgan fingerprint density at radius 2 is 1.81 bits per heavy atom. The van der Waals surface area contributed by atoms with Gasteiger partial charge in [0.05, 0.1) is 11.0 Å². The van der Waals surface area contributed by atoms with Crippen LogP contribution in [0.1, 0.15) is 78.5 Å². The van der Waals surface area contributed by atoms with E-state index in [-0.39, 0.29) is 11.3 Å². The van der Waals surface area contributed by atoms with E-state index in [9.17, 15) is 4.79 Å². The standard InChI is InChI=1S/C22H33N3O/c1-16(26)23-18-12-13-20-19(14-18)24-21(22(2,3)4)25(20)15-17-10-8-6-5-7-9-11-17/h12-14,17H,5-11,15H2,1-4H3,(H,23,26). The van der Waals surface area contributed by atoms with Crippen molar-refractivity contribution >= 4 is 22.6 Å². The largest absolute Gasteiger partial charge is 0.327 e. The van der Waals surface area contributed by atoms with Crippen LogP contribution in [0.25, 0.3) is 11.0 Å². The van der Waals surface area contributed by atoms with Crippen LogP contribution in [0, 0.1) is 5.92 Å². The topological polar surface area (TPSA) is 46.9 Å². The third-order valence-corrected chi connectivity index (χ3v) is 5.40. The molecule has 1 N–H and O–H groups in total. The van der Waals surface area contributed by atoms with Gasteiger partial charge < -0.3 is 9.88 Å². The van der Waals surface area contributed by atoms with Crippen molar-refractivity contribution < 1.29 is 4.79 Å². The molecule has 4 heteroatoms. The SMILES string of the molecule is CC(=O)Nc1ccc2c(c1)nc(C(C)(C)C)n2CC1CCCCCCC1.